The molecule has 2 aliphatic heterocycles. The van der Waals surface area contributed by atoms with E-state index < -0.39 is 29.7 Å². The Labute approximate surface area is 140 Å². The van der Waals surface area contributed by atoms with Gasteiger partial charge in [-0.25, -0.2) is 4.79 Å². The van der Waals surface area contributed by atoms with Crippen LogP contribution in [0, 0.1) is 0 Å². The van der Waals surface area contributed by atoms with E-state index in [1.54, 1.807) is 24.3 Å². The van der Waals surface area contributed by atoms with Gasteiger partial charge in [0.1, 0.15) is 0 Å². The number of hydroxylamine groups is 2. The molecule has 0 aliphatic carbocycles. The quantitative estimate of drug-likeness (QED) is 0.734. The molecular formula is C17H8N2O6. The number of hydrogen-bond donors (Lipinski definition) is 0. The molecule has 0 aromatic heterocycles. The van der Waals surface area contributed by atoms with Gasteiger partial charge in [-0.1, -0.05) is 29.3 Å². The van der Waals surface area contributed by atoms with Crippen molar-refractivity contribution < 1.29 is 28.8 Å². The third-order valence-electron chi connectivity index (χ3n) is 3.90. The Bertz CT molecular complexity index is 926. The first-order valence-corrected chi connectivity index (χ1v) is 7.18. The molecule has 122 valence electrons. The average molecular weight is 336 g/mol. The van der Waals surface area contributed by atoms with Gasteiger partial charge < -0.3 is 4.84 Å². The largest absolute Gasteiger partial charge is 0.449 e. The number of fused-ring (bicyclic) bond motifs is 2. The van der Waals surface area contributed by atoms with Crippen molar-refractivity contribution in [2.45, 2.75) is 0 Å². The fourth-order valence-corrected chi connectivity index (χ4v) is 2.72. The first kappa shape index (κ1) is 14.8. The minimum Gasteiger partial charge on any atom is -0.309 e. The van der Waals surface area contributed by atoms with Crippen LogP contribution in [-0.2, 0) is 4.84 Å². The van der Waals surface area contributed by atoms with Gasteiger partial charge in [0, 0.05) is 0 Å². The van der Waals surface area contributed by atoms with Crippen LogP contribution in [0.4, 0.5) is 4.79 Å². The molecular weight excluding hydrogens is 328 g/mol. The topological polar surface area (TPSA) is 101 Å². The molecule has 2 aromatic rings. The summed E-state index contributed by atoms with van der Waals surface area (Å²) >= 11 is 0. The van der Waals surface area contributed by atoms with E-state index in [1.165, 1.54) is 24.3 Å². The molecule has 0 bridgehead atoms. The Morgan fingerprint density at radius 3 is 1.40 bits per heavy atom. The molecule has 4 rings (SSSR count). The Morgan fingerprint density at radius 1 is 0.640 bits per heavy atom. The summed E-state index contributed by atoms with van der Waals surface area (Å²) in [7, 11) is 0. The Kier molecular flexibility index (Phi) is 3.01. The van der Waals surface area contributed by atoms with Crippen molar-refractivity contribution in [2.24, 2.45) is 0 Å². The zero-order valence-corrected chi connectivity index (χ0v) is 12.5. The second-order valence-electron chi connectivity index (χ2n) is 5.30. The van der Waals surface area contributed by atoms with Crippen LogP contribution in [0.15, 0.2) is 48.5 Å². The maximum atomic E-state index is 12.2. The van der Waals surface area contributed by atoms with E-state index in [4.69, 9.17) is 4.84 Å². The van der Waals surface area contributed by atoms with Crippen LogP contribution in [0.2, 0.25) is 0 Å². The van der Waals surface area contributed by atoms with Crippen LogP contribution in [0.1, 0.15) is 41.4 Å². The summed E-state index contributed by atoms with van der Waals surface area (Å²) in [6.45, 7) is 0. The fraction of sp³-hybridized carbons (Fsp3) is 0. The standard InChI is InChI=1S/C17H8N2O6/c20-13-9-5-1-2-6-10(9)14(21)18(13)17(24)25-19-15(22)11-7-3-4-8-12(11)16(19)23/h1-8H. The van der Waals surface area contributed by atoms with Crippen molar-refractivity contribution in [2.75, 3.05) is 0 Å². The number of nitrogens with zero attached hydrogens (tertiary/aromatic N) is 2. The van der Waals surface area contributed by atoms with Gasteiger partial charge in [0.15, 0.2) is 0 Å². The predicted octanol–water partition coefficient (Wildman–Crippen LogP) is 1.63. The summed E-state index contributed by atoms with van der Waals surface area (Å²) in [6, 6.07) is 11.8. The summed E-state index contributed by atoms with van der Waals surface area (Å²) < 4.78 is 0. The second kappa shape index (κ2) is 5.10. The van der Waals surface area contributed by atoms with Gasteiger partial charge in [-0.2, -0.15) is 4.90 Å². The summed E-state index contributed by atoms with van der Waals surface area (Å²) in [4.78, 5) is 66.1. The molecule has 0 fully saturated rings. The maximum Gasteiger partial charge on any atom is 0.449 e. The van der Waals surface area contributed by atoms with Crippen LogP contribution in [0.5, 0.6) is 0 Å². The van der Waals surface area contributed by atoms with Crippen molar-refractivity contribution in [3.8, 4) is 0 Å². The zero-order valence-electron chi connectivity index (χ0n) is 12.5. The third-order valence-corrected chi connectivity index (χ3v) is 3.90. The molecule has 25 heavy (non-hydrogen) atoms. The third kappa shape index (κ3) is 1.97. The average Bonchev–Trinajstić information content (AvgIpc) is 3.02. The molecule has 2 heterocycles. The lowest BCUT2D eigenvalue weighted by atomic mass is 10.1. The van der Waals surface area contributed by atoms with Gasteiger partial charge >= 0.3 is 6.09 Å². The van der Waals surface area contributed by atoms with E-state index in [1.807, 2.05) is 0 Å². The number of imide groups is 4. The SMILES string of the molecule is O=C1c2ccccc2C(=O)N1OC(=O)N1C(=O)c2ccccc2C1=O. The number of amides is 5. The Morgan fingerprint density at radius 2 is 1.00 bits per heavy atom. The molecule has 8 heteroatoms. The Balaban J connectivity index is 1.61. The van der Waals surface area contributed by atoms with E-state index in [0.29, 0.717) is 0 Å². The second-order valence-corrected chi connectivity index (χ2v) is 5.30. The summed E-state index contributed by atoms with van der Waals surface area (Å²) in [5, 5.41) is 0.247. The number of carbonyl (C=O) groups excluding carboxylic acids is 5. The fourth-order valence-electron chi connectivity index (χ4n) is 2.72. The molecule has 8 nitrogen and oxygen atoms in total. The highest BCUT2D eigenvalue weighted by Gasteiger charge is 2.45. The maximum absolute atomic E-state index is 12.2. The van der Waals surface area contributed by atoms with Crippen molar-refractivity contribution in [1.29, 1.82) is 0 Å². The highest BCUT2D eigenvalue weighted by molar-refractivity contribution is 6.28. The lowest BCUT2D eigenvalue weighted by molar-refractivity contribution is -0.0525. The van der Waals surface area contributed by atoms with Crippen molar-refractivity contribution in [1.82, 2.24) is 9.96 Å². The van der Waals surface area contributed by atoms with E-state index >= 15 is 0 Å². The lowest BCUT2D eigenvalue weighted by Gasteiger charge is -2.16. The molecule has 0 atom stereocenters. The molecule has 0 radical (unpaired) electrons. The summed E-state index contributed by atoms with van der Waals surface area (Å²) in [6.07, 6.45) is -1.42. The number of rotatable bonds is 1. The smallest absolute Gasteiger partial charge is 0.309 e. The highest BCUT2D eigenvalue weighted by Crippen LogP contribution is 2.26. The normalized spacial score (nSPS) is 15.5. The predicted molar refractivity (Wildman–Crippen MR) is 80.4 cm³/mol. The van der Waals surface area contributed by atoms with Crippen molar-refractivity contribution in [3.63, 3.8) is 0 Å². The van der Waals surface area contributed by atoms with E-state index in [0.717, 1.165) is 0 Å². The van der Waals surface area contributed by atoms with Gasteiger partial charge in [0.05, 0.1) is 22.3 Å². The highest BCUT2D eigenvalue weighted by atomic mass is 16.7. The van der Waals surface area contributed by atoms with Crippen LogP contribution in [-0.4, -0.2) is 39.7 Å². The van der Waals surface area contributed by atoms with Crippen LogP contribution >= 0.6 is 0 Å². The van der Waals surface area contributed by atoms with Gasteiger partial charge in [0.2, 0.25) is 0 Å². The molecule has 2 aromatic carbocycles. The van der Waals surface area contributed by atoms with E-state index in [9.17, 15) is 24.0 Å². The number of benzene rings is 2. The molecule has 0 saturated carbocycles. The lowest BCUT2D eigenvalue weighted by Crippen LogP contribution is -2.42. The van der Waals surface area contributed by atoms with Gasteiger partial charge in [0.25, 0.3) is 23.6 Å². The molecule has 0 spiro atoms. The molecule has 2 aliphatic rings. The van der Waals surface area contributed by atoms with Gasteiger partial charge in [-0.3, -0.25) is 19.2 Å². The van der Waals surface area contributed by atoms with Crippen LogP contribution in [0.25, 0.3) is 0 Å². The van der Waals surface area contributed by atoms with Gasteiger partial charge in [-0.15, -0.1) is 0 Å². The van der Waals surface area contributed by atoms with E-state index in [-0.39, 0.29) is 32.2 Å². The molecule has 0 saturated heterocycles. The first-order chi connectivity index (χ1) is 12.0. The van der Waals surface area contributed by atoms with E-state index in [2.05, 4.69) is 0 Å². The monoisotopic (exact) mass is 336 g/mol. The molecule has 5 amide bonds. The number of hydrogen-bond acceptors (Lipinski definition) is 6. The van der Waals surface area contributed by atoms with Crippen molar-refractivity contribution >= 4 is 29.7 Å². The van der Waals surface area contributed by atoms with Crippen LogP contribution in [0.3, 0.4) is 0 Å². The first-order valence-electron chi connectivity index (χ1n) is 7.18. The van der Waals surface area contributed by atoms with Gasteiger partial charge in [-0.05, 0) is 24.3 Å². The molecule has 0 unspecified atom stereocenters. The number of carbonyl (C=O) groups is 5. The summed E-state index contributed by atoms with van der Waals surface area (Å²) in [5.41, 5.74) is 0.240. The zero-order chi connectivity index (χ0) is 17.7. The van der Waals surface area contributed by atoms with Crippen LogP contribution < -0.4 is 0 Å². The Hall–Kier alpha value is -3.81. The molecule has 0 N–H and O–H groups in total. The minimum atomic E-state index is -1.42. The van der Waals surface area contributed by atoms with Crippen molar-refractivity contribution in [3.05, 3.63) is 70.8 Å². The minimum absolute atomic E-state index is 0.0480. The summed E-state index contributed by atoms with van der Waals surface area (Å²) in [5.74, 6) is -3.43.